The van der Waals surface area contributed by atoms with E-state index in [0.29, 0.717) is 6.61 Å². The van der Waals surface area contributed by atoms with Gasteiger partial charge in [0.25, 0.3) is 0 Å². The van der Waals surface area contributed by atoms with Gasteiger partial charge in [0.15, 0.2) is 28.6 Å². The van der Waals surface area contributed by atoms with Crippen LogP contribution in [0.3, 0.4) is 0 Å². The Morgan fingerprint density at radius 1 is 0.938 bits per heavy atom. The maximum absolute atomic E-state index is 6.22. The van der Waals surface area contributed by atoms with Crippen molar-refractivity contribution in [2.24, 2.45) is 0 Å². The normalized spacial score (nSPS) is 14.8. The van der Waals surface area contributed by atoms with E-state index >= 15 is 0 Å². The third-order valence-corrected chi connectivity index (χ3v) is 6.18. The van der Waals surface area contributed by atoms with Crippen molar-refractivity contribution in [1.82, 2.24) is 14.8 Å². The zero-order chi connectivity index (χ0) is 21.8. The number of aromatic nitrogens is 3. The lowest BCUT2D eigenvalue weighted by Gasteiger charge is -2.26. The maximum Gasteiger partial charge on any atom is 0.195 e. The predicted octanol–water partition coefficient (Wildman–Crippen LogP) is 5.12. The van der Waals surface area contributed by atoms with Crippen molar-refractivity contribution in [2.45, 2.75) is 17.7 Å². The summed E-state index contributed by atoms with van der Waals surface area (Å²) >= 11 is 1.68. The minimum Gasteiger partial charge on any atom is -0.497 e. The summed E-state index contributed by atoms with van der Waals surface area (Å²) in [4.78, 5) is 0. The van der Waals surface area contributed by atoms with Crippen molar-refractivity contribution in [2.75, 3.05) is 19.5 Å². The molecule has 1 aromatic heterocycles. The minimum atomic E-state index is -0.339. The maximum atomic E-state index is 6.22. The molecule has 0 N–H and O–H groups in total. The summed E-state index contributed by atoms with van der Waals surface area (Å²) in [5, 5.41) is 9.85. The Morgan fingerprint density at radius 3 is 2.47 bits per heavy atom. The molecule has 6 nitrogen and oxygen atoms in total. The molecule has 0 radical (unpaired) electrons. The number of aryl methyl sites for hydroxylation is 1. The fourth-order valence-corrected chi connectivity index (χ4v) is 4.55. The van der Waals surface area contributed by atoms with Crippen molar-refractivity contribution < 1.29 is 14.2 Å². The Kier molecular flexibility index (Phi) is 5.98. The summed E-state index contributed by atoms with van der Waals surface area (Å²) in [6, 6.07) is 26.0. The zero-order valence-electron chi connectivity index (χ0n) is 17.7. The predicted molar refractivity (Wildman–Crippen MR) is 124 cm³/mol. The molecule has 2 heterocycles. The highest BCUT2D eigenvalue weighted by Crippen LogP contribution is 2.37. The molecule has 32 heavy (non-hydrogen) atoms. The lowest BCUT2D eigenvalue weighted by Crippen LogP contribution is -2.24. The molecule has 4 aromatic rings. The molecule has 5 rings (SSSR count). The van der Waals surface area contributed by atoms with Crippen LogP contribution in [-0.4, -0.2) is 34.2 Å². The second kappa shape index (κ2) is 9.36. The van der Waals surface area contributed by atoms with Gasteiger partial charge >= 0.3 is 0 Å². The highest BCUT2D eigenvalue weighted by molar-refractivity contribution is 7.99. The van der Waals surface area contributed by atoms with Gasteiger partial charge in [0, 0.05) is 11.4 Å². The van der Waals surface area contributed by atoms with E-state index in [1.165, 1.54) is 5.56 Å². The summed E-state index contributed by atoms with van der Waals surface area (Å²) in [6.45, 7) is 0.387. The van der Waals surface area contributed by atoms with Crippen LogP contribution in [0.4, 0.5) is 0 Å². The van der Waals surface area contributed by atoms with Crippen molar-refractivity contribution in [1.29, 1.82) is 0 Å². The quantitative estimate of drug-likeness (QED) is 0.368. The highest BCUT2D eigenvalue weighted by Gasteiger charge is 2.29. The summed E-state index contributed by atoms with van der Waals surface area (Å²) in [6.07, 6.45) is 0.579. The van der Waals surface area contributed by atoms with Gasteiger partial charge in [-0.1, -0.05) is 54.2 Å². The number of nitrogens with zero attached hydrogens (tertiary/aromatic N) is 3. The standard InChI is InChI=1S/C25H23N3O3S/c1-29-20-13-11-18(12-14-20)15-16-32-25-27-26-24(28(25)19-7-3-2-4-8-19)23-17-30-21-9-5-6-10-22(21)31-23/h2-14,23H,15-17H2,1H3/t23-/m1/s1. The first-order valence-electron chi connectivity index (χ1n) is 10.5. The summed E-state index contributed by atoms with van der Waals surface area (Å²) < 4.78 is 19.5. The first-order chi connectivity index (χ1) is 15.8. The van der Waals surface area contributed by atoms with E-state index in [2.05, 4.69) is 39.0 Å². The molecule has 0 aliphatic carbocycles. The van der Waals surface area contributed by atoms with Gasteiger partial charge in [-0.3, -0.25) is 4.57 Å². The van der Waals surface area contributed by atoms with E-state index in [1.807, 2.05) is 54.6 Å². The second-order valence-corrected chi connectivity index (χ2v) is 8.38. The number of ether oxygens (including phenoxy) is 3. The number of fused-ring (bicyclic) bond motifs is 1. The topological polar surface area (TPSA) is 58.4 Å². The molecular formula is C25H23N3O3S. The highest BCUT2D eigenvalue weighted by atomic mass is 32.2. The molecule has 0 unspecified atom stereocenters. The van der Waals surface area contributed by atoms with E-state index < -0.39 is 0 Å². The molecular weight excluding hydrogens is 422 g/mol. The first-order valence-corrected chi connectivity index (χ1v) is 11.5. The molecule has 162 valence electrons. The molecule has 7 heteroatoms. The first kappa shape index (κ1) is 20.5. The van der Waals surface area contributed by atoms with Crippen LogP contribution < -0.4 is 14.2 Å². The summed E-state index contributed by atoms with van der Waals surface area (Å²) in [5.41, 5.74) is 2.26. The molecule has 3 aromatic carbocycles. The summed E-state index contributed by atoms with van der Waals surface area (Å²) in [7, 11) is 1.68. The third-order valence-electron chi connectivity index (χ3n) is 5.25. The minimum absolute atomic E-state index is 0.339. The Hall–Kier alpha value is -3.45. The van der Waals surface area contributed by atoms with Gasteiger partial charge in [-0.15, -0.1) is 10.2 Å². The van der Waals surface area contributed by atoms with Crippen molar-refractivity contribution in [3.63, 3.8) is 0 Å². The smallest absolute Gasteiger partial charge is 0.195 e. The number of thioether (sulfide) groups is 1. The van der Waals surface area contributed by atoms with E-state index in [9.17, 15) is 0 Å². The van der Waals surface area contributed by atoms with Gasteiger partial charge in [-0.2, -0.15) is 0 Å². The van der Waals surface area contributed by atoms with E-state index in [4.69, 9.17) is 14.2 Å². The Morgan fingerprint density at radius 2 is 1.69 bits per heavy atom. The van der Waals surface area contributed by atoms with E-state index in [1.54, 1.807) is 18.9 Å². The van der Waals surface area contributed by atoms with Gasteiger partial charge in [0.05, 0.1) is 7.11 Å². The number of para-hydroxylation sites is 3. The fourth-order valence-electron chi connectivity index (χ4n) is 3.60. The monoisotopic (exact) mass is 445 g/mol. The molecule has 1 aliphatic heterocycles. The summed E-state index contributed by atoms with van der Waals surface area (Å²) in [5.74, 6) is 3.95. The fraction of sp³-hybridized carbons (Fsp3) is 0.200. The third kappa shape index (κ3) is 4.29. The Bertz CT molecular complexity index is 1180. The number of hydrogen-bond acceptors (Lipinski definition) is 6. The Labute approximate surface area is 191 Å². The van der Waals surface area contributed by atoms with Crippen LogP contribution in [0.25, 0.3) is 5.69 Å². The molecule has 1 aliphatic rings. The van der Waals surface area contributed by atoms with Crippen LogP contribution in [0.2, 0.25) is 0 Å². The molecule has 1 atom stereocenters. The Balaban J connectivity index is 1.38. The number of methoxy groups -OCH3 is 1. The van der Waals surface area contributed by atoms with Crippen LogP contribution in [0.15, 0.2) is 84.0 Å². The number of hydrogen-bond donors (Lipinski definition) is 0. The van der Waals surface area contributed by atoms with Crippen LogP contribution in [0.1, 0.15) is 17.5 Å². The average molecular weight is 446 g/mol. The molecule has 0 bridgehead atoms. The van der Waals surface area contributed by atoms with Gasteiger partial charge in [-0.05, 0) is 48.4 Å². The van der Waals surface area contributed by atoms with Crippen molar-refractivity contribution in [3.8, 4) is 22.9 Å². The SMILES string of the molecule is COc1ccc(CCSc2nnc([C@H]3COc4ccccc4O3)n2-c2ccccc2)cc1. The largest absolute Gasteiger partial charge is 0.497 e. The van der Waals surface area contributed by atoms with E-state index in [0.717, 1.165) is 46.1 Å². The van der Waals surface area contributed by atoms with Gasteiger partial charge in [0.1, 0.15) is 12.4 Å². The van der Waals surface area contributed by atoms with Gasteiger partial charge in [0.2, 0.25) is 0 Å². The molecule has 0 amide bonds. The molecule has 0 spiro atoms. The van der Waals surface area contributed by atoms with Crippen LogP contribution in [-0.2, 0) is 6.42 Å². The molecule has 0 saturated carbocycles. The van der Waals surface area contributed by atoms with Crippen molar-refractivity contribution in [3.05, 3.63) is 90.3 Å². The average Bonchev–Trinajstić information content (AvgIpc) is 3.28. The van der Waals surface area contributed by atoms with Crippen LogP contribution in [0, 0.1) is 0 Å². The van der Waals surface area contributed by atoms with Crippen molar-refractivity contribution >= 4 is 11.8 Å². The lowest BCUT2D eigenvalue weighted by molar-refractivity contribution is 0.0835. The lowest BCUT2D eigenvalue weighted by atomic mass is 10.2. The van der Waals surface area contributed by atoms with Gasteiger partial charge < -0.3 is 14.2 Å². The number of rotatable bonds is 7. The molecule has 0 saturated heterocycles. The van der Waals surface area contributed by atoms with E-state index in [-0.39, 0.29) is 6.10 Å². The molecule has 0 fully saturated rings. The number of benzene rings is 3. The van der Waals surface area contributed by atoms with Crippen LogP contribution >= 0.6 is 11.8 Å². The van der Waals surface area contributed by atoms with Crippen LogP contribution in [0.5, 0.6) is 17.2 Å². The zero-order valence-corrected chi connectivity index (χ0v) is 18.5. The second-order valence-electron chi connectivity index (χ2n) is 7.32. The van der Waals surface area contributed by atoms with Gasteiger partial charge in [-0.25, -0.2) is 0 Å².